The molecule has 5 heteroatoms. The molecule has 1 aromatic carbocycles. The third-order valence-corrected chi connectivity index (χ3v) is 2.69. The molecule has 0 saturated carbocycles. The highest BCUT2D eigenvalue weighted by Crippen LogP contribution is 2.17. The van der Waals surface area contributed by atoms with Gasteiger partial charge in [-0.3, -0.25) is 9.59 Å². The van der Waals surface area contributed by atoms with Crippen LogP contribution in [0.15, 0.2) is 24.3 Å². The Morgan fingerprint density at radius 3 is 2.28 bits per heavy atom. The molecular weight excluding hydrogens is 232 g/mol. The Hall–Kier alpha value is -1.88. The van der Waals surface area contributed by atoms with Crippen LogP contribution in [0.1, 0.15) is 19.4 Å². The summed E-state index contributed by atoms with van der Waals surface area (Å²) in [6.45, 7) is 3.79. The number of carboxylic acids is 1. The molecular formula is C13H18N2O3. The van der Waals surface area contributed by atoms with Crippen LogP contribution in [0.2, 0.25) is 0 Å². The number of nitrogens with two attached hydrogens (primary N) is 1. The van der Waals surface area contributed by atoms with Gasteiger partial charge in [0.2, 0.25) is 5.91 Å². The lowest BCUT2D eigenvalue weighted by Gasteiger charge is -2.21. The molecule has 1 amide bonds. The van der Waals surface area contributed by atoms with E-state index in [0.717, 1.165) is 0 Å². The van der Waals surface area contributed by atoms with E-state index < -0.39 is 11.4 Å². The van der Waals surface area contributed by atoms with Crippen LogP contribution in [0.25, 0.3) is 0 Å². The molecule has 0 fully saturated rings. The fourth-order valence-corrected chi connectivity index (χ4v) is 1.27. The lowest BCUT2D eigenvalue weighted by atomic mass is 9.92. The van der Waals surface area contributed by atoms with Crippen molar-refractivity contribution < 1.29 is 14.7 Å². The van der Waals surface area contributed by atoms with Crippen LogP contribution in [-0.4, -0.2) is 23.5 Å². The quantitative estimate of drug-likeness (QED) is 0.733. The van der Waals surface area contributed by atoms with Gasteiger partial charge in [0.05, 0.1) is 11.8 Å². The van der Waals surface area contributed by atoms with E-state index in [0.29, 0.717) is 11.3 Å². The molecule has 98 valence electrons. The van der Waals surface area contributed by atoms with Crippen molar-refractivity contribution in [3.05, 3.63) is 29.8 Å². The summed E-state index contributed by atoms with van der Waals surface area (Å²) in [4.78, 5) is 22.4. The topological polar surface area (TPSA) is 92.4 Å². The van der Waals surface area contributed by atoms with Crippen molar-refractivity contribution in [1.82, 2.24) is 0 Å². The van der Waals surface area contributed by atoms with Gasteiger partial charge in [-0.15, -0.1) is 0 Å². The fraction of sp³-hybridized carbons (Fsp3) is 0.385. The Morgan fingerprint density at radius 2 is 1.83 bits per heavy atom. The molecule has 0 aliphatic rings. The van der Waals surface area contributed by atoms with E-state index in [1.165, 1.54) is 0 Å². The van der Waals surface area contributed by atoms with Crippen molar-refractivity contribution in [3.63, 3.8) is 0 Å². The first-order valence-electron chi connectivity index (χ1n) is 5.67. The normalized spacial score (nSPS) is 11.1. The average molecular weight is 250 g/mol. The van der Waals surface area contributed by atoms with Crippen molar-refractivity contribution in [1.29, 1.82) is 0 Å². The summed E-state index contributed by atoms with van der Waals surface area (Å²) >= 11 is 0. The predicted octanol–water partition coefficient (Wildman–Crippen LogP) is 1.24. The number of carboxylic acid groups (broad SMARTS) is 1. The van der Waals surface area contributed by atoms with Gasteiger partial charge in [0, 0.05) is 12.2 Å². The van der Waals surface area contributed by atoms with Gasteiger partial charge in [0.1, 0.15) is 0 Å². The largest absolute Gasteiger partial charge is 0.481 e. The van der Waals surface area contributed by atoms with Crippen LogP contribution in [-0.2, 0) is 16.0 Å². The SMILES string of the molecule is CC(C)(CN)C(=O)Nc1ccc(CC(=O)O)cc1. The molecule has 1 aromatic rings. The minimum Gasteiger partial charge on any atom is -0.481 e. The van der Waals surface area contributed by atoms with E-state index in [9.17, 15) is 9.59 Å². The number of hydrogen-bond donors (Lipinski definition) is 3. The molecule has 0 saturated heterocycles. The zero-order chi connectivity index (χ0) is 13.8. The molecule has 5 nitrogen and oxygen atoms in total. The van der Waals surface area contributed by atoms with Gasteiger partial charge in [0.25, 0.3) is 0 Å². The zero-order valence-corrected chi connectivity index (χ0v) is 10.6. The maximum Gasteiger partial charge on any atom is 0.307 e. The third-order valence-electron chi connectivity index (χ3n) is 2.69. The summed E-state index contributed by atoms with van der Waals surface area (Å²) < 4.78 is 0. The van der Waals surface area contributed by atoms with E-state index in [1.807, 2.05) is 0 Å². The first kappa shape index (κ1) is 14.2. The van der Waals surface area contributed by atoms with Crippen LogP contribution < -0.4 is 11.1 Å². The molecule has 1 rings (SSSR count). The molecule has 0 atom stereocenters. The maximum atomic E-state index is 11.8. The Kier molecular flexibility index (Phi) is 4.44. The first-order valence-corrected chi connectivity index (χ1v) is 5.67. The fourth-order valence-electron chi connectivity index (χ4n) is 1.27. The highest BCUT2D eigenvalue weighted by Gasteiger charge is 2.25. The smallest absolute Gasteiger partial charge is 0.307 e. The Labute approximate surface area is 106 Å². The molecule has 0 heterocycles. The van der Waals surface area contributed by atoms with Crippen LogP contribution in [0, 0.1) is 5.41 Å². The Bertz CT molecular complexity index is 438. The average Bonchev–Trinajstić information content (AvgIpc) is 2.31. The number of rotatable bonds is 5. The number of carbonyl (C=O) groups is 2. The van der Waals surface area contributed by atoms with Crippen molar-refractivity contribution in [2.75, 3.05) is 11.9 Å². The van der Waals surface area contributed by atoms with Crippen molar-refractivity contribution in [2.45, 2.75) is 20.3 Å². The second-order valence-corrected chi connectivity index (χ2v) is 4.81. The summed E-state index contributed by atoms with van der Waals surface area (Å²) in [6, 6.07) is 6.73. The summed E-state index contributed by atoms with van der Waals surface area (Å²) in [5.74, 6) is -1.04. The first-order chi connectivity index (χ1) is 8.35. The number of amides is 1. The van der Waals surface area contributed by atoms with E-state index in [-0.39, 0.29) is 18.9 Å². The molecule has 0 bridgehead atoms. The van der Waals surface area contributed by atoms with Crippen LogP contribution in [0.5, 0.6) is 0 Å². The van der Waals surface area contributed by atoms with Crippen molar-refractivity contribution in [3.8, 4) is 0 Å². The third kappa shape index (κ3) is 3.85. The number of nitrogens with one attached hydrogen (secondary N) is 1. The molecule has 0 aliphatic carbocycles. The number of carbonyl (C=O) groups excluding carboxylic acids is 1. The van der Waals surface area contributed by atoms with E-state index in [1.54, 1.807) is 38.1 Å². The number of hydrogen-bond acceptors (Lipinski definition) is 3. The van der Waals surface area contributed by atoms with E-state index in [2.05, 4.69) is 5.32 Å². The molecule has 0 aliphatic heterocycles. The molecule has 18 heavy (non-hydrogen) atoms. The Morgan fingerprint density at radius 1 is 1.28 bits per heavy atom. The monoisotopic (exact) mass is 250 g/mol. The Balaban J connectivity index is 2.69. The number of anilines is 1. The van der Waals surface area contributed by atoms with E-state index in [4.69, 9.17) is 10.8 Å². The second kappa shape index (κ2) is 5.64. The lowest BCUT2D eigenvalue weighted by molar-refractivity contribution is -0.136. The minimum absolute atomic E-state index is 0.0253. The molecule has 0 radical (unpaired) electrons. The number of benzene rings is 1. The molecule has 0 unspecified atom stereocenters. The van der Waals surface area contributed by atoms with Gasteiger partial charge in [-0.25, -0.2) is 0 Å². The summed E-state index contributed by atoms with van der Waals surface area (Å²) in [6.07, 6.45) is -0.0253. The van der Waals surface area contributed by atoms with Crippen molar-refractivity contribution >= 4 is 17.6 Å². The molecule has 4 N–H and O–H groups in total. The second-order valence-electron chi connectivity index (χ2n) is 4.81. The number of aliphatic carboxylic acids is 1. The van der Waals surface area contributed by atoms with Gasteiger partial charge in [0.15, 0.2) is 0 Å². The zero-order valence-electron chi connectivity index (χ0n) is 10.6. The predicted molar refractivity (Wildman–Crippen MR) is 69.2 cm³/mol. The van der Waals surface area contributed by atoms with Gasteiger partial charge in [-0.2, -0.15) is 0 Å². The van der Waals surface area contributed by atoms with Gasteiger partial charge in [-0.1, -0.05) is 12.1 Å². The van der Waals surface area contributed by atoms with Crippen molar-refractivity contribution in [2.24, 2.45) is 11.1 Å². The van der Waals surface area contributed by atoms with Gasteiger partial charge >= 0.3 is 5.97 Å². The highest BCUT2D eigenvalue weighted by molar-refractivity contribution is 5.95. The summed E-state index contributed by atoms with van der Waals surface area (Å²) in [7, 11) is 0. The standard InChI is InChI=1S/C13H18N2O3/c1-13(2,8-14)12(18)15-10-5-3-9(4-6-10)7-11(16)17/h3-6H,7-8,14H2,1-2H3,(H,15,18)(H,16,17). The maximum absolute atomic E-state index is 11.8. The van der Waals surface area contributed by atoms with E-state index >= 15 is 0 Å². The summed E-state index contributed by atoms with van der Waals surface area (Å²) in [5.41, 5.74) is 6.22. The molecule has 0 aromatic heterocycles. The minimum atomic E-state index is -0.879. The van der Waals surface area contributed by atoms with Gasteiger partial charge in [-0.05, 0) is 31.5 Å². The van der Waals surface area contributed by atoms with Crippen LogP contribution >= 0.6 is 0 Å². The molecule has 0 spiro atoms. The van der Waals surface area contributed by atoms with Crippen LogP contribution in [0.3, 0.4) is 0 Å². The lowest BCUT2D eigenvalue weighted by Crippen LogP contribution is -2.37. The van der Waals surface area contributed by atoms with Gasteiger partial charge < -0.3 is 16.2 Å². The highest BCUT2D eigenvalue weighted by atomic mass is 16.4. The van der Waals surface area contributed by atoms with Crippen LogP contribution in [0.4, 0.5) is 5.69 Å². The summed E-state index contributed by atoms with van der Waals surface area (Å²) in [5, 5.41) is 11.4.